The number of fused-ring (bicyclic) bond motifs is 3. The summed E-state index contributed by atoms with van der Waals surface area (Å²) in [6.45, 7) is 6.27. The van der Waals surface area contributed by atoms with Gasteiger partial charge in [0, 0.05) is 45.4 Å². The summed E-state index contributed by atoms with van der Waals surface area (Å²) in [5.74, 6) is 3.05. The van der Waals surface area contributed by atoms with E-state index in [2.05, 4.69) is 109 Å². The van der Waals surface area contributed by atoms with Crippen molar-refractivity contribution in [2.24, 2.45) is 4.99 Å². The van der Waals surface area contributed by atoms with Gasteiger partial charge >= 0.3 is 0 Å². The zero-order valence-electron chi connectivity index (χ0n) is 30.9. The molecule has 0 fully saturated rings. The summed E-state index contributed by atoms with van der Waals surface area (Å²) >= 11 is 0. The van der Waals surface area contributed by atoms with Crippen molar-refractivity contribution >= 4 is 38.8 Å². The third kappa shape index (κ3) is 8.17. The highest BCUT2D eigenvalue weighted by molar-refractivity contribution is 6.05. The first-order valence-electron chi connectivity index (χ1n) is 18.4. The lowest BCUT2D eigenvalue weighted by molar-refractivity contribution is 0.805. The second-order valence-electron chi connectivity index (χ2n) is 13.3. The number of aromatic nitrogens is 3. The molecule has 262 valence electrons. The van der Waals surface area contributed by atoms with E-state index < -0.39 is 0 Å². The minimum absolute atomic E-state index is 0.108. The van der Waals surface area contributed by atoms with Gasteiger partial charge in [0.1, 0.15) is 0 Å². The molecule has 7 rings (SSSR count). The summed E-state index contributed by atoms with van der Waals surface area (Å²) in [4.78, 5) is 19.8. The molecule has 0 saturated carbocycles. The lowest BCUT2D eigenvalue weighted by Crippen LogP contribution is -2.00. The third-order valence-corrected chi connectivity index (χ3v) is 9.66. The van der Waals surface area contributed by atoms with Crippen molar-refractivity contribution < 1.29 is 0 Å². The summed E-state index contributed by atoms with van der Waals surface area (Å²) in [6, 6.07) is 45.7. The first-order chi connectivity index (χ1) is 26.5. The van der Waals surface area contributed by atoms with E-state index in [1.165, 1.54) is 11.1 Å². The molecule has 4 nitrogen and oxygen atoms in total. The molecule has 0 aliphatic rings. The Labute approximate surface area is 318 Å². The molecular formula is C50H42N4. The molecule has 0 aliphatic carbocycles. The summed E-state index contributed by atoms with van der Waals surface area (Å²) in [5, 5.41) is 2.19. The van der Waals surface area contributed by atoms with Crippen LogP contribution in [0.25, 0.3) is 44.3 Å². The molecule has 0 bridgehead atoms. The molecule has 7 aromatic rings. The van der Waals surface area contributed by atoms with Crippen molar-refractivity contribution in [2.75, 3.05) is 0 Å². The Morgan fingerprint density at radius 2 is 1.56 bits per heavy atom. The highest BCUT2D eigenvalue weighted by Crippen LogP contribution is 2.31. The van der Waals surface area contributed by atoms with Crippen LogP contribution in [-0.2, 0) is 6.42 Å². The van der Waals surface area contributed by atoms with Crippen LogP contribution in [0.5, 0.6) is 0 Å². The molecule has 4 heteroatoms. The predicted molar refractivity (Wildman–Crippen MR) is 227 cm³/mol. The number of nitrogens with zero attached hydrogens (tertiary/aromatic N) is 4. The molecule has 0 spiro atoms. The van der Waals surface area contributed by atoms with Gasteiger partial charge in [-0.05, 0) is 91.4 Å². The molecule has 0 N–H and O–H groups in total. The number of hydrogen-bond acceptors (Lipinski definition) is 4. The van der Waals surface area contributed by atoms with Crippen LogP contribution >= 0.6 is 0 Å². The Balaban J connectivity index is 1.19. The average molecular weight is 699 g/mol. The number of terminal acetylenes is 1. The second kappa shape index (κ2) is 16.8. The Kier molecular flexibility index (Phi) is 11.1. The number of benzene rings is 4. The lowest BCUT2D eigenvalue weighted by atomic mass is 9.92. The smallest absolute Gasteiger partial charge is 0.0975 e. The summed E-state index contributed by atoms with van der Waals surface area (Å²) in [6.07, 6.45) is 18.1. The van der Waals surface area contributed by atoms with Gasteiger partial charge in [0.25, 0.3) is 0 Å². The predicted octanol–water partition coefficient (Wildman–Crippen LogP) is 12.0. The zero-order valence-corrected chi connectivity index (χ0v) is 30.9. The maximum Gasteiger partial charge on any atom is 0.0975 e. The lowest BCUT2D eigenvalue weighted by Gasteiger charge is -2.15. The molecule has 0 radical (unpaired) electrons. The Morgan fingerprint density at radius 3 is 2.31 bits per heavy atom. The molecular weight excluding hydrogens is 657 g/mol. The number of rotatable bonds is 11. The minimum atomic E-state index is 0.108. The van der Waals surface area contributed by atoms with Gasteiger partial charge in [0.2, 0.25) is 0 Å². The Morgan fingerprint density at radius 1 is 0.796 bits per heavy atom. The quantitative estimate of drug-likeness (QED) is 0.0585. The van der Waals surface area contributed by atoms with E-state index in [1.807, 2.05) is 86.8 Å². The van der Waals surface area contributed by atoms with Gasteiger partial charge in [-0.2, -0.15) is 0 Å². The van der Waals surface area contributed by atoms with Crippen LogP contribution in [0.1, 0.15) is 59.8 Å². The number of aliphatic imine (C=N–C) groups is 1. The summed E-state index contributed by atoms with van der Waals surface area (Å²) in [5.41, 5.74) is 12.7. The van der Waals surface area contributed by atoms with Crippen molar-refractivity contribution in [3.05, 3.63) is 198 Å². The SMILES string of the molecule is C#C/C(=C\C=C/Cc1cc(-c2ccccc2)nc2c1ccc1ccc(C)nc12)c1cccc(C(/C=C(\N=C(C)c2ccccc2)c2ccccn2)CC)c1. The van der Waals surface area contributed by atoms with Crippen molar-refractivity contribution in [1.29, 1.82) is 0 Å². The molecule has 0 saturated heterocycles. The van der Waals surface area contributed by atoms with E-state index in [4.69, 9.17) is 21.4 Å². The molecule has 3 heterocycles. The number of allylic oxidation sites excluding steroid dienone is 5. The first kappa shape index (κ1) is 35.7. The fourth-order valence-corrected chi connectivity index (χ4v) is 6.75. The normalized spacial score (nSPS) is 13.0. The highest BCUT2D eigenvalue weighted by Gasteiger charge is 2.14. The van der Waals surface area contributed by atoms with Crippen molar-refractivity contribution in [3.8, 4) is 23.6 Å². The Bertz CT molecular complexity index is 2570. The molecule has 4 aromatic carbocycles. The van der Waals surface area contributed by atoms with Crippen LogP contribution in [0, 0.1) is 19.3 Å². The van der Waals surface area contributed by atoms with E-state index in [0.29, 0.717) is 6.42 Å². The maximum atomic E-state index is 6.14. The van der Waals surface area contributed by atoms with Gasteiger partial charge in [-0.25, -0.2) is 4.98 Å². The monoisotopic (exact) mass is 698 g/mol. The molecule has 1 unspecified atom stereocenters. The molecule has 1 atom stereocenters. The second-order valence-corrected chi connectivity index (χ2v) is 13.3. The van der Waals surface area contributed by atoms with Gasteiger partial charge < -0.3 is 0 Å². The van der Waals surface area contributed by atoms with E-state index >= 15 is 0 Å². The van der Waals surface area contributed by atoms with Crippen molar-refractivity contribution in [2.45, 2.75) is 39.5 Å². The van der Waals surface area contributed by atoms with E-state index in [1.54, 1.807) is 0 Å². The van der Waals surface area contributed by atoms with Gasteiger partial charge in [0.05, 0.1) is 28.1 Å². The molecule has 0 amide bonds. The van der Waals surface area contributed by atoms with Gasteiger partial charge in [-0.15, -0.1) is 6.42 Å². The number of hydrogen-bond donors (Lipinski definition) is 0. The fourth-order valence-electron chi connectivity index (χ4n) is 6.75. The van der Waals surface area contributed by atoms with E-state index in [0.717, 1.165) is 79.0 Å². The topological polar surface area (TPSA) is 51.0 Å². The van der Waals surface area contributed by atoms with Gasteiger partial charge in [-0.3, -0.25) is 15.0 Å². The maximum absolute atomic E-state index is 6.14. The van der Waals surface area contributed by atoms with E-state index in [9.17, 15) is 0 Å². The van der Waals surface area contributed by atoms with Gasteiger partial charge in [-0.1, -0.05) is 128 Å². The zero-order chi connectivity index (χ0) is 37.3. The summed E-state index contributed by atoms with van der Waals surface area (Å²) < 4.78 is 0. The van der Waals surface area contributed by atoms with E-state index in [-0.39, 0.29) is 5.92 Å². The average Bonchev–Trinajstić information content (AvgIpc) is 3.23. The van der Waals surface area contributed by atoms with Gasteiger partial charge in [0.15, 0.2) is 0 Å². The van der Waals surface area contributed by atoms with Crippen LogP contribution < -0.4 is 0 Å². The third-order valence-electron chi connectivity index (χ3n) is 9.66. The fraction of sp³-hybridized carbons (Fsp3) is 0.120. The number of aryl methyl sites for hydroxylation is 1. The molecule has 54 heavy (non-hydrogen) atoms. The van der Waals surface area contributed by atoms with Crippen LogP contribution in [-0.4, -0.2) is 20.7 Å². The largest absolute Gasteiger partial charge is 0.255 e. The summed E-state index contributed by atoms with van der Waals surface area (Å²) in [7, 11) is 0. The van der Waals surface area contributed by atoms with Crippen LogP contribution in [0.3, 0.4) is 0 Å². The van der Waals surface area contributed by atoms with Crippen LogP contribution in [0.4, 0.5) is 0 Å². The molecule has 3 aromatic heterocycles. The van der Waals surface area contributed by atoms with Crippen molar-refractivity contribution in [3.63, 3.8) is 0 Å². The first-order valence-corrected chi connectivity index (χ1v) is 18.4. The number of pyridine rings is 3. The Hall–Kier alpha value is -6.70. The standard InChI is InChI=1S/C50H42N4/c1-5-37(18-13-14-23-44-34-47(40-21-11-8-12-22-40)54-50-45(44)30-29-41-28-27-35(3)52-49(41)50)42-24-17-25-43(32-42)38(6-2)33-48(46-26-15-16-31-51-46)53-36(4)39-19-9-7-10-20-39/h1,7-22,24-34,38H,6,23H2,2-4H3/b14-13-,37-18+,48-33-,53-36?. The van der Waals surface area contributed by atoms with Crippen molar-refractivity contribution in [1.82, 2.24) is 15.0 Å². The minimum Gasteiger partial charge on any atom is -0.255 e. The highest BCUT2D eigenvalue weighted by atomic mass is 14.8. The molecule has 0 aliphatic heterocycles. The van der Waals surface area contributed by atoms with Crippen LogP contribution in [0.2, 0.25) is 0 Å². The van der Waals surface area contributed by atoms with Crippen LogP contribution in [0.15, 0.2) is 169 Å².